The molecule has 6 nitrogen and oxygen atoms in total. The van der Waals surface area contributed by atoms with Gasteiger partial charge < -0.3 is 10.0 Å². The van der Waals surface area contributed by atoms with Crippen molar-refractivity contribution in [3.05, 3.63) is 33.6 Å². The molecule has 0 saturated heterocycles. The third kappa shape index (κ3) is 3.29. The highest BCUT2D eigenvalue weighted by molar-refractivity contribution is 5.93. The number of nitrogens with zero attached hydrogens (tertiary/aromatic N) is 2. The quantitative estimate of drug-likeness (QED) is 0.667. The zero-order valence-electron chi connectivity index (χ0n) is 11.7. The summed E-state index contributed by atoms with van der Waals surface area (Å²) in [4.78, 5) is 22.7. The van der Waals surface area contributed by atoms with E-state index in [1.54, 1.807) is 11.9 Å². The van der Waals surface area contributed by atoms with Crippen LogP contribution in [0, 0.1) is 21.8 Å². The Morgan fingerprint density at radius 1 is 1.48 bits per heavy atom. The molecule has 0 spiro atoms. The van der Waals surface area contributed by atoms with Crippen molar-refractivity contribution in [1.29, 1.82) is 0 Å². The molecule has 1 saturated carbocycles. The number of rotatable bonds is 5. The number of halogens is 1. The fraction of sp³-hybridized carbons (Fsp3) is 0.500. The van der Waals surface area contributed by atoms with Gasteiger partial charge in [-0.2, -0.15) is 0 Å². The van der Waals surface area contributed by atoms with E-state index < -0.39 is 28.0 Å². The van der Waals surface area contributed by atoms with Crippen LogP contribution < -0.4 is 4.90 Å². The zero-order chi connectivity index (χ0) is 15.6. The number of carboxylic acids is 1. The minimum Gasteiger partial charge on any atom is -0.477 e. The molecule has 114 valence electrons. The minimum atomic E-state index is -1.43. The second-order valence-corrected chi connectivity index (χ2v) is 5.41. The van der Waals surface area contributed by atoms with E-state index >= 15 is 0 Å². The summed E-state index contributed by atoms with van der Waals surface area (Å²) >= 11 is 0. The van der Waals surface area contributed by atoms with Crippen LogP contribution in [0.3, 0.4) is 0 Å². The number of carbonyl (C=O) groups is 1. The van der Waals surface area contributed by atoms with Crippen molar-refractivity contribution in [3.63, 3.8) is 0 Å². The maximum atomic E-state index is 14.0. The Balaban J connectivity index is 2.32. The number of aromatic carboxylic acids is 1. The highest BCUT2D eigenvalue weighted by Crippen LogP contribution is 2.31. The summed E-state index contributed by atoms with van der Waals surface area (Å²) in [5.74, 6) is -1.75. The summed E-state index contributed by atoms with van der Waals surface area (Å²) in [5, 5.41) is 19.9. The molecule has 0 bridgehead atoms. The highest BCUT2D eigenvalue weighted by Gasteiger charge is 2.25. The molecule has 1 aromatic rings. The molecule has 1 fully saturated rings. The van der Waals surface area contributed by atoms with E-state index in [0.717, 1.165) is 31.7 Å². The van der Waals surface area contributed by atoms with Crippen LogP contribution in [0.5, 0.6) is 0 Å². The van der Waals surface area contributed by atoms with Crippen molar-refractivity contribution < 1.29 is 19.2 Å². The zero-order valence-corrected chi connectivity index (χ0v) is 11.7. The van der Waals surface area contributed by atoms with Gasteiger partial charge in [-0.05, 0) is 24.8 Å². The van der Waals surface area contributed by atoms with Crippen LogP contribution in [0.15, 0.2) is 12.1 Å². The lowest BCUT2D eigenvalue weighted by atomic mass is 10.1. The standard InChI is InChI=1S/C14H17FN2O4/c1-16(8-9-4-2-3-5-9)13-6-10(14(18)19)12(17(20)21)7-11(13)15/h6-7,9H,2-5,8H2,1H3,(H,18,19). The Morgan fingerprint density at radius 2 is 2.10 bits per heavy atom. The molecule has 0 amide bonds. The molecule has 21 heavy (non-hydrogen) atoms. The van der Waals surface area contributed by atoms with Gasteiger partial charge in [0.05, 0.1) is 16.7 Å². The van der Waals surface area contributed by atoms with E-state index in [-0.39, 0.29) is 5.69 Å². The molecule has 0 aliphatic heterocycles. The third-order valence-corrected chi connectivity index (χ3v) is 3.91. The summed E-state index contributed by atoms with van der Waals surface area (Å²) in [6.07, 6.45) is 4.46. The predicted octanol–water partition coefficient (Wildman–Crippen LogP) is 3.06. The molecule has 1 aromatic carbocycles. The van der Waals surface area contributed by atoms with Gasteiger partial charge in [-0.1, -0.05) is 12.8 Å². The molecule has 0 aromatic heterocycles. The Morgan fingerprint density at radius 3 is 2.62 bits per heavy atom. The lowest BCUT2D eigenvalue weighted by Gasteiger charge is -2.23. The number of anilines is 1. The van der Waals surface area contributed by atoms with E-state index in [1.807, 2.05) is 0 Å². The number of benzene rings is 1. The van der Waals surface area contributed by atoms with Gasteiger partial charge in [0.25, 0.3) is 5.69 Å². The third-order valence-electron chi connectivity index (χ3n) is 3.91. The van der Waals surface area contributed by atoms with Crippen molar-refractivity contribution in [2.45, 2.75) is 25.7 Å². The van der Waals surface area contributed by atoms with Gasteiger partial charge in [0.15, 0.2) is 5.82 Å². The number of hydrogen-bond donors (Lipinski definition) is 1. The van der Waals surface area contributed by atoms with E-state index in [1.165, 1.54) is 0 Å². The Bertz CT molecular complexity index is 570. The van der Waals surface area contributed by atoms with Crippen molar-refractivity contribution in [2.24, 2.45) is 5.92 Å². The van der Waals surface area contributed by atoms with Crippen molar-refractivity contribution >= 4 is 17.3 Å². The largest absolute Gasteiger partial charge is 0.477 e. The van der Waals surface area contributed by atoms with Gasteiger partial charge >= 0.3 is 5.97 Å². The summed E-state index contributed by atoms with van der Waals surface area (Å²) in [6, 6.07) is 1.73. The topological polar surface area (TPSA) is 83.7 Å². The summed E-state index contributed by atoms with van der Waals surface area (Å²) in [5.41, 5.74) is -1.13. The Kier molecular flexibility index (Phi) is 4.40. The minimum absolute atomic E-state index is 0.0879. The number of nitro groups is 1. The normalized spacial score (nSPS) is 15.1. The molecule has 0 atom stereocenters. The van der Waals surface area contributed by atoms with Crippen molar-refractivity contribution in [3.8, 4) is 0 Å². The lowest BCUT2D eigenvalue weighted by molar-refractivity contribution is -0.385. The Labute approximate surface area is 121 Å². The van der Waals surface area contributed by atoms with Gasteiger partial charge in [-0.25, -0.2) is 9.18 Å². The second-order valence-electron chi connectivity index (χ2n) is 5.41. The van der Waals surface area contributed by atoms with Crippen LogP contribution >= 0.6 is 0 Å². The van der Waals surface area contributed by atoms with E-state index in [0.29, 0.717) is 18.5 Å². The van der Waals surface area contributed by atoms with Gasteiger partial charge in [0.2, 0.25) is 0 Å². The molecule has 2 rings (SSSR count). The first kappa shape index (κ1) is 15.2. The van der Waals surface area contributed by atoms with Gasteiger partial charge in [0.1, 0.15) is 5.56 Å². The molecule has 0 heterocycles. The first-order valence-corrected chi connectivity index (χ1v) is 6.82. The Hall–Kier alpha value is -2.18. The van der Waals surface area contributed by atoms with Crippen molar-refractivity contribution in [2.75, 3.05) is 18.5 Å². The molecule has 7 heteroatoms. The smallest absolute Gasteiger partial charge is 0.342 e. The van der Waals surface area contributed by atoms with Crippen LogP contribution in [-0.4, -0.2) is 29.6 Å². The molecule has 1 aliphatic carbocycles. The average molecular weight is 296 g/mol. The van der Waals surface area contributed by atoms with E-state index in [2.05, 4.69) is 0 Å². The maximum absolute atomic E-state index is 14.0. The average Bonchev–Trinajstić information content (AvgIpc) is 2.90. The highest BCUT2D eigenvalue weighted by atomic mass is 19.1. The number of carboxylic acid groups (broad SMARTS) is 1. The van der Waals surface area contributed by atoms with Gasteiger partial charge in [-0.3, -0.25) is 10.1 Å². The molecule has 1 aliphatic rings. The van der Waals surface area contributed by atoms with Crippen LogP contribution in [0.4, 0.5) is 15.8 Å². The molecule has 0 unspecified atom stereocenters. The maximum Gasteiger partial charge on any atom is 0.342 e. The molecule has 0 radical (unpaired) electrons. The van der Waals surface area contributed by atoms with Gasteiger partial charge in [0, 0.05) is 13.6 Å². The SMILES string of the molecule is CN(CC1CCCC1)c1cc(C(=O)O)c([N+](=O)[O-])cc1F. The fourth-order valence-electron chi connectivity index (χ4n) is 2.84. The molecular formula is C14H17FN2O4. The van der Waals surface area contributed by atoms with Crippen LogP contribution in [0.25, 0.3) is 0 Å². The number of hydrogen-bond acceptors (Lipinski definition) is 4. The predicted molar refractivity (Wildman–Crippen MR) is 75.2 cm³/mol. The van der Waals surface area contributed by atoms with Crippen LogP contribution in [-0.2, 0) is 0 Å². The molecule has 1 N–H and O–H groups in total. The first-order valence-electron chi connectivity index (χ1n) is 6.82. The number of nitro benzene ring substituents is 1. The summed E-state index contributed by atoms with van der Waals surface area (Å²) in [6.45, 7) is 0.619. The first-order chi connectivity index (χ1) is 9.90. The van der Waals surface area contributed by atoms with Gasteiger partial charge in [-0.15, -0.1) is 0 Å². The van der Waals surface area contributed by atoms with Crippen molar-refractivity contribution in [1.82, 2.24) is 0 Å². The van der Waals surface area contributed by atoms with Crippen LogP contribution in [0.1, 0.15) is 36.0 Å². The summed E-state index contributed by atoms with van der Waals surface area (Å²) < 4.78 is 14.0. The molecular weight excluding hydrogens is 279 g/mol. The van der Waals surface area contributed by atoms with Crippen LogP contribution in [0.2, 0.25) is 0 Å². The van der Waals surface area contributed by atoms with E-state index in [4.69, 9.17) is 5.11 Å². The monoisotopic (exact) mass is 296 g/mol. The lowest BCUT2D eigenvalue weighted by Crippen LogP contribution is -2.25. The summed E-state index contributed by atoms with van der Waals surface area (Å²) in [7, 11) is 1.67. The van der Waals surface area contributed by atoms with E-state index in [9.17, 15) is 19.3 Å². The fourth-order valence-corrected chi connectivity index (χ4v) is 2.84. The second kappa shape index (κ2) is 6.07.